The van der Waals surface area contributed by atoms with Gasteiger partial charge in [0.1, 0.15) is 17.5 Å². The highest BCUT2D eigenvalue weighted by molar-refractivity contribution is 6.10. The molecule has 1 fully saturated rings. The van der Waals surface area contributed by atoms with Crippen LogP contribution in [0.4, 0.5) is 0 Å². The summed E-state index contributed by atoms with van der Waals surface area (Å²) in [6.07, 6.45) is 1.20. The Balaban J connectivity index is 1.84. The van der Waals surface area contributed by atoms with Crippen molar-refractivity contribution >= 4 is 11.7 Å². The molecule has 3 heterocycles. The summed E-state index contributed by atoms with van der Waals surface area (Å²) < 4.78 is 23.2. The van der Waals surface area contributed by atoms with Crippen molar-refractivity contribution in [1.29, 1.82) is 0 Å². The molecular weight excluding hydrogens is 472 g/mol. The van der Waals surface area contributed by atoms with Gasteiger partial charge in [0.25, 0.3) is 0 Å². The first kappa shape index (κ1) is 25.4. The summed E-state index contributed by atoms with van der Waals surface area (Å²) in [4.78, 5) is 32.7. The second-order valence-corrected chi connectivity index (χ2v) is 10.2. The van der Waals surface area contributed by atoms with E-state index in [1.807, 2.05) is 32.7 Å². The van der Waals surface area contributed by atoms with E-state index in [1.54, 1.807) is 28.4 Å². The maximum Gasteiger partial charge on any atom is 0.241 e. The number of ether oxygens (including phenoxy) is 4. The van der Waals surface area contributed by atoms with E-state index >= 15 is 0 Å². The number of carbonyl (C=O) groups excluding carboxylic acids is 2. The van der Waals surface area contributed by atoms with Gasteiger partial charge in [-0.1, -0.05) is 13.0 Å². The van der Waals surface area contributed by atoms with Crippen molar-refractivity contribution in [2.24, 2.45) is 0 Å². The molecule has 1 saturated heterocycles. The highest BCUT2D eigenvalue weighted by atomic mass is 16.5. The molecule has 8 heteroatoms. The molecule has 198 valence electrons. The van der Waals surface area contributed by atoms with E-state index in [4.69, 9.17) is 18.9 Å². The number of carbonyl (C=O) groups is 2. The highest BCUT2D eigenvalue weighted by Crippen LogP contribution is 2.56. The quantitative estimate of drug-likeness (QED) is 0.602. The van der Waals surface area contributed by atoms with Crippen molar-refractivity contribution in [2.45, 2.75) is 64.7 Å². The summed E-state index contributed by atoms with van der Waals surface area (Å²) in [5.74, 6) is 2.13. The number of Topliss-reactive ketones (excluding diaryl/α,β-unsaturated/α-hetero) is 1. The molecule has 37 heavy (non-hydrogen) atoms. The highest BCUT2D eigenvalue weighted by Gasteiger charge is 2.58. The number of nitrogens with zero attached hydrogens (tertiary/aromatic N) is 2. The molecule has 4 atom stereocenters. The molecule has 1 amide bonds. The number of rotatable bonds is 5. The third-order valence-corrected chi connectivity index (χ3v) is 8.63. The molecule has 0 N–H and O–H groups in total. The third kappa shape index (κ3) is 3.17. The van der Waals surface area contributed by atoms with Crippen LogP contribution in [0.3, 0.4) is 0 Å². The number of amides is 1. The van der Waals surface area contributed by atoms with Crippen LogP contribution in [0.15, 0.2) is 6.07 Å². The van der Waals surface area contributed by atoms with Crippen molar-refractivity contribution < 1.29 is 28.5 Å². The number of hydrogen-bond acceptors (Lipinski definition) is 7. The SMILES string of the molecule is CC[C@H]1c2c(OC)c(OC)c(C)c(OC)c2C(=O)C2C3c4c(cc(C)c(OC)c4C)CC(C(=O)N21)N3C. The van der Waals surface area contributed by atoms with Crippen LogP contribution in [-0.2, 0) is 11.2 Å². The fourth-order valence-electron chi connectivity index (χ4n) is 7.20. The van der Waals surface area contributed by atoms with E-state index in [1.165, 1.54) is 0 Å². The van der Waals surface area contributed by atoms with Gasteiger partial charge in [-0.15, -0.1) is 0 Å². The lowest BCUT2D eigenvalue weighted by molar-refractivity contribution is -0.153. The number of likely N-dealkylation sites (N-methyl/N-ethyl adjacent to an activating group) is 1. The number of fused-ring (bicyclic) bond motifs is 7. The fourth-order valence-corrected chi connectivity index (χ4v) is 7.20. The Hall–Kier alpha value is -3.26. The van der Waals surface area contributed by atoms with Gasteiger partial charge < -0.3 is 23.8 Å². The van der Waals surface area contributed by atoms with E-state index in [-0.39, 0.29) is 29.8 Å². The van der Waals surface area contributed by atoms with E-state index in [0.29, 0.717) is 46.8 Å². The Labute approximate surface area is 218 Å². The molecule has 2 aromatic carbocycles. The molecule has 3 aliphatic heterocycles. The summed E-state index contributed by atoms with van der Waals surface area (Å²) in [6.45, 7) is 7.98. The molecule has 3 unspecified atom stereocenters. The molecule has 0 spiro atoms. The molecule has 0 aromatic heterocycles. The first-order valence-electron chi connectivity index (χ1n) is 12.8. The van der Waals surface area contributed by atoms with Crippen molar-refractivity contribution in [3.63, 3.8) is 0 Å². The van der Waals surface area contributed by atoms with E-state index in [2.05, 4.69) is 17.9 Å². The lowest BCUT2D eigenvalue weighted by Gasteiger charge is -2.56. The molecular formula is C29H36N2O6. The number of benzene rings is 2. The van der Waals surface area contributed by atoms with Crippen LogP contribution < -0.4 is 18.9 Å². The predicted octanol–water partition coefficient (Wildman–Crippen LogP) is 4.10. The largest absolute Gasteiger partial charge is 0.496 e. The first-order valence-corrected chi connectivity index (χ1v) is 12.8. The van der Waals surface area contributed by atoms with Crippen molar-refractivity contribution in [2.75, 3.05) is 35.5 Å². The van der Waals surface area contributed by atoms with E-state index in [0.717, 1.165) is 28.0 Å². The lowest BCUT2D eigenvalue weighted by atomic mass is 9.72. The molecule has 0 saturated carbocycles. The van der Waals surface area contributed by atoms with Gasteiger partial charge in [-0.2, -0.15) is 0 Å². The minimum absolute atomic E-state index is 0.0352. The monoisotopic (exact) mass is 508 g/mol. The zero-order valence-corrected chi connectivity index (χ0v) is 23.1. The van der Waals surface area contributed by atoms with Crippen LogP contribution in [-0.4, -0.2) is 69.1 Å². The Morgan fingerprint density at radius 2 is 1.46 bits per heavy atom. The smallest absolute Gasteiger partial charge is 0.241 e. The molecule has 2 bridgehead atoms. The summed E-state index contributed by atoms with van der Waals surface area (Å²) in [6, 6.07) is 0.381. The third-order valence-electron chi connectivity index (χ3n) is 8.63. The molecule has 2 aromatic rings. The molecule has 8 nitrogen and oxygen atoms in total. The van der Waals surface area contributed by atoms with Crippen molar-refractivity contribution in [1.82, 2.24) is 9.80 Å². The number of aryl methyl sites for hydroxylation is 1. The Kier molecular flexibility index (Phi) is 6.14. The normalized spacial score (nSPS) is 24.3. The summed E-state index contributed by atoms with van der Waals surface area (Å²) in [5.41, 5.74) is 6.08. The zero-order chi connectivity index (χ0) is 26.9. The minimum Gasteiger partial charge on any atom is -0.496 e. The fraction of sp³-hybridized carbons (Fsp3) is 0.517. The van der Waals surface area contributed by atoms with Crippen LogP contribution >= 0.6 is 0 Å². The molecule has 0 aliphatic carbocycles. The number of hydrogen-bond donors (Lipinski definition) is 0. The second kappa shape index (κ2) is 8.94. The summed E-state index contributed by atoms with van der Waals surface area (Å²) >= 11 is 0. The van der Waals surface area contributed by atoms with Crippen molar-refractivity contribution in [3.05, 3.63) is 45.0 Å². The average molecular weight is 509 g/mol. The maximum atomic E-state index is 14.6. The average Bonchev–Trinajstić information content (AvgIpc) is 2.87. The molecule has 5 rings (SSSR count). The van der Waals surface area contributed by atoms with Crippen LogP contribution in [0, 0.1) is 20.8 Å². The minimum atomic E-state index is -0.706. The van der Waals surface area contributed by atoms with E-state index in [9.17, 15) is 9.59 Å². The van der Waals surface area contributed by atoms with Gasteiger partial charge in [-0.05, 0) is 62.9 Å². The predicted molar refractivity (Wildman–Crippen MR) is 139 cm³/mol. The standard InChI is InChI=1S/C29H36N2O6/c1-10-17-20-21(26(35-7)15(4)27(36-8)28(20)37-9)24(32)23-22-19-14(3)25(34-6)13(2)11-16(19)12-18(30(22)5)29(33)31(17)23/h11,17-18,22-23H,10,12H2,1-9H3/t17-,18?,22?,23?/m0/s1. The van der Waals surface area contributed by atoms with Gasteiger partial charge in [-0.3, -0.25) is 14.5 Å². The lowest BCUT2D eigenvalue weighted by Crippen LogP contribution is -2.68. The number of piperazine rings is 1. The van der Waals surface area contributed by atoms with Crippen LogP contribution in [0.1, 0.15) is 69.2 Å². The summed E-state index contributed by atoms with van der Waals surface area (Å²) in [7, 11) is 8.35. The van der Waals surface area contributed by atoms with Crippen molar-refractivity contribution in [3.8, 4) is 23.0 Å². The Morgan fingerprint density at radius 3 is 2.03 bits per heavy atom. The van der Waals surface area contributed by atoms with Gasteiger partial charge in [0, 0.05) is 11.1 Å². The van der Waals surface area contributed by atoms with E-state index < -0.39 is 6.04 Å². The topological polar surface area (TPSA) is 77.5 Å². The zero-order valence-electron chi connectivity index (χ0n) is 23.1. The van der Waals surface area contributed by atoms with Gasteiger partial charge >= 0.3 is 0 Å². The van der Waals surface area contributed by atoms with Gasteiger partial charge in [0.15, 0.2) is 17.3 Å². The number of ketones is 1. The second-order valence-electron chi connectivity index (χ2n) is 10.2. The van der Waals surface area contributed by atoms with Crippen LogP contribution in [0.5, 0.6) is 23.0 Å². The summed E-state index contributed by atoms with van der Waals surface area (Å²) in [5, 5.41) is 0. The van der Waals surface area contributed by atoms with Crippen LogP contribution in [0.2, 0.25) is 0 Å². The van der Waals surface area contributed by atoms with Gasteiger partial charge in [0.05, 0.1) is 52.1 Å². The Bertz CT molecular complexity index is 1320. The maximum absolute atomic E-state index is 14.6. The van der Waals surface area contributed by atoms with Crippen LogP contribution in [0.25, 0.3) is 0 Å². The molecule has 3 aliphatic rings. The van der Waals surface area contributed by atoms with Gasteiger partial charge in [-0.25, -0.2) is 0 Å². The number of methoxy groups -OCH3 is 4. The van der Waals surface area contributed by atoms with Gasteiger partial charge in [0.2, 0.25) is 5.91 Å². The Morgan fingerprint density at radius 1 is 0.838 bits per heavy atom. The molecule has 0 radical (unpaired) electrons. The first-order chi connectivity index (χ1) is 17.7.